The lowest BCUT2D eigenvalue weighted by molar-refractivity contribution is 0.0655. The Balaban J connectivity index is 2.35. The fourth-order valence-corrected chi connectivity index (χ4v) is 1.82. The fourth-order valence-electron chi connectivity index (χ4n) is 1.49. The number of aromatic carboxylic acids is 1. The molecule has 18 heavy (non-hydrogen) atoms. The number of aliphatic hydroxyl groups is 1. The van der Waals surface area contributed by atoms with Gasteiger partial charge < -0.3 is 14.6 Å². The van der Waals surface area contributed by atoms with Crippen LogP contribution in [0.4, 0.5) is 4.39 Å². The van der Waals surface area contributed by atoms with Crippen molar-refractivity contribution in [1.82, 2.24) is 0 Å². The molecule has 1 atom stereocenters. The molecule has 0 aliphatic heterocycles. The topological polar surface area (TPSA) is 70.7 Å². The smallest absolute Gasteiger partial charge is 0.371 e. The van der Waals surface area contributed by atoms with Crippen molar-refractivity contribution in [3.05, 3.63) is 57.7 Å². The molecule has 1 aromatic carbocycles. The average molecular weight is 315 g/mol. The number of aliphatic hydroxyl groups excluding tert-OH is 1. The van der Waals surface area contributed by atoms with Crippen LogP contribution in [0.3, 0.4) is 0 Å². The zero-order chi connectivity index (χ0) is 13.3. The van der Waals surface area contributed by atoms with Gasteiger partial charge in [-0.25, -0.2) is 9.18 Å². The van der Waals surface area contributed by atoms with Crippen LogP contribution >= 0.6 is 15.9 Å². The number of halogens is 2. The number of carbonyl (C=O) groups is 1. The third kappa shape index (κ3) is 2.44. The van der Waals surface area contributed by atoms with Crippen molar-refractivity contribution in [2.45, 2.75) is 6.10 Å². The average Bonchev–Trinajstić information content (AvgIpc) is 2.77. The third-order valence-electron chi connectivity index (χ3n) is 2.36. The Kier molecular flexibility index (Phi) is 3.49. The van der Waals surface area contributed by atoms with Crippen LogP contribution < -0.4 is 0 Å². The second kappa shape index (κ2) is 4.91. The van der Waals surface area contributed by atoms with Gasteiger partial charge in [0.25, 0.3) is 0 Å². The quantitative estimate of drug-likeness (QED) is 0.913. The minimum Gasteiger partial charge on any atom is -0.475 e. The molecule has 0 saturated heterocycles. The molecule has 2 aromatic rings. The summed E-state index contributed by atoms with van der Waals surface area (Å²) in [5.41, 5.74) is 0.0180. The van der Waals surface area contributed by atoms with Gasteiger partial charge >= 0.3 is 5.97 Å². The Morgan fingerprint density at radius 2 is 2.06 bits per heavy atom. The van der Waals surface area contributed by atoms with Crippen molar-refractivity contribution in [1.29, 1.82) is 0 Å². The second-order valence-corrected chi connectivity index (χ2v) is 4.49. The molecule has 94 valence electrons. The molecule has 0 amide bonds. The third-order valence-corrected chi connectivity index (χ3v) is 2.86. The van der Waals surface area contributed by atoms with E-state index in [0.717, 1.165) is 0 Å². The predicted octanol–water partition coefficient (Wildman–Crippen LogP) is 2.96. The Morgan fingerprint density at radius 1 is 1.33 bits per heavy atom. The van der Waals surface area contributed by atoms with Crippen LogP contribution in [0.5, 0.6) is 0 Å². The lowest BCUT2D eigenvalue weighted by Crippen LogP contribution is -2.01. The normalized spacial score (nSPS) is 12.4. The van der Waals surface area contributed by atoms with Gasteiger partial charge in [0.05, 0.1) is 0 Å². The summed E-state index contributed by atoms with van der Waals surface area (Å²) >= 11 is 3.10. The van der Waals surface area contributed by atoms with Crippen LogP contribution in [0.15, 0.2) is 39.2 Å². The molecule has 1 unspecified atom stereocenters. The summed E-state index contributed by atoms with van der Waals surface area (Å²) in [5, 5.41) is 18.6. The van der Waals surface area contributed by atoms with Gasteiger partial charge in [0, 0.05) is 10.0 Å². The Bertz CT molecular complexity index is 594. The van der Waals surface area contributed by atoms with Gasteiger partial charge in [0.2, 0.25) is 5.76 Å². The monoisotopic (exact) mass is 314 g/mol. The van der Waals surface area contributed by atoms with Crippen molar-refractivity contribution < 1.29 is 23.8 Å². The molecule has 0 saturated carbocycles. The van der Waals surface area contributed by atoms with Gasteiger partial charge in [-0.15, -0.1) is 0 Å². The fraction of sp³-hybridized carbons (Fsp3) is 0.0833. The summed E-state index contributed by atoms with van der Waals surface area (Å²) in [6.07, 6.45) is -1.34. The molecule has 0 radical (unpaired) electrons. The Morgan fingerprint density at radius 3 is 2.61 bits per heavy atom. The maximum Gasteiger partial charge on any atom is 0.371 e. The van der Waals surface area contributed by atoms with Crippen LogP contribution in [0, 0.1) is 5.82 Å². The second-order valence-electron chi connectivity index (χ2n) is 3.58. The van der Waals surface area contributed by atoms with E-state index in [1.807, 2.05) is 0 Å². The standard InChI is InChI=1S/C12H8BrFO4/c13-6-1-2-7(8(14)5-6)11(15)9-3-4-10(18-9)12(16)17/h1-5,11,15H,(H,16,17). The van der Waals surface area contributed by atoms with E-state index in [0.29, 0.717) is 4.47 Å². The molecule has 0 aliphatic rings. The SMILES string of the molecule is O=C(O)c1ccc(C(O)c2ccc(Br)cc2F)o1. The van der Waals surface area contributed by atoms with Crippen molar-refractivity contribution in [2.24, 2.45) is 0 Å². The van der Waals surface area contributed by atoms with E-state index in [9.17, 15) is 14.3 Å². The maximum absolute atomic E-state index is 13.6. The molecule has 1 aromatic heterocycles. The van der Waals surface area contributed by atoms with E-state index in [1.165, 1.54) is 24.3 Å². The first-order chi connectivity index (χ1) is 8.49. The predicted molar refractivity (Wildman–Crippen MR) is 63.8 cm³/mol. The van der Waals surface area contributed by atoms with E-state index >= 15 is 0 Å². The summed E-state index contributed by atoms with van der Waals surface area (Å²) < 4.78 is 19.1. The zero-order valence-electron chi connectivity index (χ0n) is 8.93. The number of furan rings is 1. The van der Waals surface area contributed by atoms with E-state index in [1.54, 1.807) is 6.07 Å². The van der Waals surface area contributed by atoms with E-state index < -0.39 is 17.9 Å². The highest BCUT2D eigenvalue weighted by Crippen LogP contribution is 2.27. The van der Waals surface area contributed by atoms with E-state index in [-0.39, 0.29) is 17.1 Å². The summed E-state index contributed by atoms with van der Waals surface area (Å²) in [6.45, 7) is 0. The molecule has 0 fully saturated rings. The zero-order valence-corrected chi connectivity index (χ0v) is 10.5. The first kappa shape index (κ1) is 12.8. The van der Waals surface area contributed by atoms with Crippen LogP contribution in [-0.4, -0.2) is 16.2 Å². The Labute approximate surface area is 110 Å². The first-order valence-electron chi connectivity index (χ1n) is 4.95. The highest BCUT2D eigenvalue weighted by atomic mass is 79.9. The lowest BCUT2D eigenvalue weighted by atomic mass is 10.1. The van der Waals surface area contributed by atoms with Gasteiger partial charge in [0.15, 0.2) is 0 Å². The highest BCUT2D eigenvalue weighted by molar-refractivity contribution is 9.10. The number of rotatable bonds is 3. The van der Waals surface area contributed by atoms with Crippen LogP contribution in [0.1, 0.15) is 28.0 Å². The van der Waals surface area contributed by atoms with Crippen LogP contribution in [-0.2, 0) is 0 Å². The van der Waals surface area contributed by atoms with E-state index in [2.05, 4.69) is 15.9 Å². The lowest BCUT2D eigenvalue weighted by Gasteiger charge is -2.09. The molecular weight excluding hydrogens is 307 g/mol. The number of benzene rings is 1. The largest absolute Gasteiger partial charge is 0.475 e. The molecule has 0 aliphatic carbocycles. The maximum atomic E-state index is 13.6. The first-order valence-corrected chi connectivity index (χ1v) is 5.74. The van der Waals surface area contributed by atoms with Crippen molar-refractivity contribution >= 4 is 21.9 Å². The molecular formula is C12H8BrFO4. The molecule has 0 spiro atoms. The minimum absolute atomic E-state index is 0.0180. The Hall–Kier alpha value is -1.66. The van der Waals surface area contributed by atoms with Crippen LogP contribution in [0.25, 0.3) is 0 Å². The summed E-state index contributed by atoms with van der Waals surface area (Å²) in [7, 11) is 0. The van der Waals surface area contributed by atoms with Crippen molar-refractivity contribution in [2.75, 3.05) is 0 Å². The van der Waals surface area contributed by atoms with Gasteiger partial charge in [-0.05, 0) is 24.3 Å². The highest BCUT2D eigenvalue weighted by Gasteiger charge is 2.20. The molecule has 2 N–H and O–H groups in total. The minimum atomic E-state index is -1.34. The van der Waals surface area contributed by atoms with E-state index in [4.69, 9.17) is 9.52 Å². The molecule has 6 heteroatoms. The number of carboxylic acid groups (broad SMARTS) is 1. The number of carboxylic acids is 1. The van der Waals surface area contributed by atoms with Gasteiger partial charge in [-0.1, -0.05) is 22.0 Å². The van der Waals surface area contributed by atoms with Crippen LogP contribution in [0.2, 0.25) is 0 Å². The molecule has 2 rings (SSSR count). The van der Waals surface area contributed by atoms with Gasteiger partial charge in [-0.2, -0.15) is 0 Å². The number of hydrogen-bond acceptors (Lipinski definition) is 3. The molecule has 1 heterocycles. The molecule has 4 nitrogen and oxygen atoms in total. The van der Waals surface area contributed by atoms with Crippen molar-refractivity contribution in [3.8, 4) is 0 Å². The summed E-state index contributed by atoms with van der Waals surface area (Å²) in [4.78, 5) is 10.6. The van der Waals surface area contributed by atoms with Crippen molar-refractivity contribution in [3.63, 3.8) is 0 Å². The summed E-state index contributed by atoms with van der Waals surface area (Å²) in [5.74, 6) is -2.18. The van der Waals surface area contributed by atoms with Gasteiger partial charge in [-0.3, -0.25) is 0 Å². The summed E-state index contributed by atoms with van der Waals surface area (Å²) in [6, 6.07) is 6.68. The number of hydrogen-bond donors (Lipinski definition) is 2. The molecule has 0 bridgehead atoms. The van der Waals surface area contributed by atoms with Gasteiger partial charge in [0.1, 0.15) is 17.7 Å².